The van der Waals surface area contributed by atoms with Gasteiger partial charge in [-0.3, -0.25) is 0 Å². The summed E-state index contributed by atoms with van der Waals surface area (Å²) < 4.78 is 141. The van der Waals surface area contributed by atoms with Gasteiger partial charge in [0.05, 0.1) is 36.8 Å². The van der Waals surface area contributed by atoms with Crippen LogP contribution in [0.3, 0.4) is 0 Å². The molecule has 53 heavy (non-hydrogen) atoms. The molecule has 4 rings (SSSR count). The fraction of sp³-hybridized carbons (Fsp3) is 0.344. The van der Waals surface area contributed by atoms with Gasteiger partial charge in [-0.05, 0) is 62.7 Å². The zero-order valence-corrected chi connectivity index (χ0v) is 39.9. The minimum Gasteiger partial charge on any atom is -0.748 e. The Balaban J connectivity index is 0.00000468. The van der Waals surface area contributed by atoms with Gasteiger partial charge in [-0.2, -0.15) is 4.58 Å². The molecule has 0 N–H and O–H groups in total. The van der Waals surface area contributed by atoms with Gasteiger partial charge < -0.3 is 23.1 Å². The van der Waals surface area contributed by atoms with Gasteiger partial charge >= 0.3 is 88.7 Å². The molecule has 272 valence electrons. The fourth-order valence-electron chi connectivity index (χ4n) is 6.15. The van der Waals surface area contributed by atoms with Gasteiger partial charge in [0.25, 0.3) is 0 Å². The van der Waals surface area contributed by atoms with Crippen molar-refractivity contribution in [3.63, 3.8) is 0 Å². The maximum atomic E-state index is 11.7. The number of hydrogen-bond acceptors (Lipinski definition) is 13. The normalized spacial score (nSPS) is 17.8. The van der Waals surface area contributed by atoms with Crippen molar-refractivity contribution < 1.29 is 145 Å². The molecule has 0 unspecified atom stereocenters. The first-order valence-electron chi connectivity index (χ1n) is 15.0. The molecule has 2 aromatic carbocycles. The molecule has 0 fully saturated rings. The minimum absolute atomic E-state index is 0. The predicted molar refractivity (Wildman–Crippen MR) is 181 cm³/mol. The van der Waals surface area contributed by atoms with Crippen LogP contribution in [-0.4, -0.2) is 86.8 Å². The van der Waals surface area contributed by atoms with E-state index in [1.54, 1.807) is 80.6 Å². The number of nitrogens with zero attached hydrogens (tertiary/aromatic N) is 2. The van der Waals surface area contributed by atoms with Crippen LogP contribution in [-0.2, 0) is 51.3 Å². The van der Waals surface area contributed by atoms with Crippen LogP contribution in [0.1, 0.15) is 45.7 Å². The molecule has 21 heteroatoms. The molecule has 0 aliphatic carbocycles. The third-order valence-corrected chi connectivity index (χ3v) is 11.7. The van der Waals surface area contributed by atoms with Crippen LogP contribution < -0.4 is 93.6 Å². The molecular formula is C32H35N2Na3O12S4. The second-order valence-corrected chi connectivity index (χ2v) is 18.7. The van der Waals surface area contributed by atoms with E-state index in [4.69, 9.17) is 0 Å². The standard InChI is InChI=1S/C32H38N2O12S4.3Na/c1-22(8-6-10-29-31(2,3)25-20-23(49(41,42)43)12-14-27(25)33(29)16-18-47(35,36)37)9-7-11-30-32(4,5)26-21-24(50(44,45)46)13-15-28(26)34(30)17-19-48(38,39)40;;;/h6-15,20-21H,16-19H2,1-5H3,(H3-,35,36,37,38,39,40,41,42,43,44,45,46);;;/q;3*+1/p-3. The molecule has 0 spiro atoms. The average Bonchev–Trinajstić information content (AvgIpc) is 3.31. The molecule has 0 atom stereocenters. The van der Waals surface area contributed by atoms with Crippen molar-refractivity contribution in [1.82, 2.24) is 0 Å². The summed E-state index contributed by atoms with van der Waals surface area (Å²) >= 11 is 0. The molecular weight excluding hydrogens is 802 g/mol. The van der Waals surface area contributed by atoms with Gasteiger partial charge in [-0.25, -0.2) is 33.7 Å². The van der Waals surface area contributed by atoms with E-state index in [9.17, 15) is 51.9 Å². The van der Waals surface area contributed by atoms with Crippen LogP contribution in [0.25, 0.3) is 0 Å². The van der Waals surface area contributed by atoms with E-state index < -0.39 is 72.6 Å². The first-order chi connectivity index (χ1) is 22.7. The Hall–Kier alpha value is -0.490. The topological polar surface area (TPSA) is 235 Å². The summed E-state index contributed by atoms with van der Waals surface area (Å²) in [6.07, 6.45) is 10.2. The molecule has 14 nitrogen and oxygen atoms in total. The SMILES string of the molecule is CC(C=CC=C1N(CCS(=O)(=O)[O-])c2ccc(S(=O)(=O)[O-])cc2C1(C)C)=CC=CC1=[N+](CCS(=O)(=O)[O-])c2ccc(S(=O)(=O)[O-])cc2C1(C)C.[Na+].[Na+].[Na+]. The van der Waals surface area contributed by atoms with Crippen molar-refractivity contribution in [2.75, 3.05) is 29.5 Å². The Bertz CT molecular complexity index is 2350. The Labute approximate surface area is 378 Å². The van der Waals surface area contributed by atoms with Crippen molar-refractivity contribution in [2.24, 2.45) is 0 Å². The van der Waals surface area contributed by atoms with E-state index in [1.165, 1.54) is 24.3 Å². The summed E-state index contributed by atoms with van der Waals surface area (Å²) in [5.41, 5.74) is 1.83. The summed E-state index contributed by atoms with van der Waals surface area (Å²) in [5.74, 6) is -1.44. The van der Waals surface area contributed by atoms with Crippen molar-refractivity contribution in [2.45, 2.75) is 55.2 Å². The quantitative estimate of drug-likeness (QED) is 0.0839. The number of anilines is 1. The summed E-state index contributed by atoms with van der Waals surface area (Å²) in [4.78, 5) is 0.698. The summed E-state index contributed by atoms with van der Waals surface area (Å²) in [6.45, 7) is 8.40. The van der Waals surface area contributed by atoms with Gasteiger partial charge in [-0.1, -0.05) is 43.7 Å². The van der Waals surface area contributed by atoms with E-state index in [2.05, 4.69) is 0 Å². The zero-order valence-electron chi connectivity index (χ0n) is 30.7. The van der Waals surface area contributed by atoms with E-state index in [0.717, 1.165) is 12.1 Å². The third-order valence-electron chi connectivity index (χ3n) is 8.66. The van der Waals surface area contributed by atoms with Crippen LogP contribution in [0.2, 0.25) is 0 Å². The van der Waals surface area contributed by atoms with Crippen LogP contribution >= 0.6 is 0 Å². The summed E-state index contributed by atoms with van der Waals surface area (Å²) in [6, 6.07) is 7.54. The predicted octanol–water partition coefficient (Wildman–Crippen LogP) is -6.29. The molecule has 0 saturated carbocycles. The average molecular weight is 837 g/mol. The molecule has 0 saturated heterocycles. The van der Waals surface area contributed by atoms with Crippen molar-refractivity contribution >= 4 is 57.6 Å². The number of rotatable bonds is 12. The molecule has 0 radical (unpaired) electrons. The van der Waals surface area contributed by atoms with E-state index in [-0.39, 0.29) is 102 Å². The van der Waals surface area contributed by atoms with Crippen molar-refractivity contribution in [3.05, 3.63) is 95.3 Å². The van der Waals surface area contributed by atoms with E-state index in [1.807, 2.05) is 0 Å². The van der Waals surface area contributed by atoms with Gasteiger partial charge in [-0.15, -0.1) is 0 Å². The second-order valence-electron chi connectivity index (χ2n) is 12.9. The van der Waals surface area contributed by atoms with Crippen molar-refractivity contribution in [3.8, 4) is 0 Å². The first kappa shape index (κ1) is 50.5. The van der Waals surface area contributed by atoms with E-state index in [0.29, 0.717) is 39.5 Å². The van der Waals surface area contributed by atoms with Crippen LogP contribution in [0.4, 0.5) is 11.4 Å². The molecule has 0 amide bonds. The van der Waals surface area contributed by atoms with Crippen molar-refractivity contribution in [1.29, 1.82) is 0 Å². The third kappa shape index (κ3) is 12.3. The largest absolute Gasteiger partial charge is 1.00 e. The Morgan fingerprint density at radius 3 is 1.79 bits per heavy atom. The Morgan fingerprint density at radius 1 is 0.736 bits per heavy atom. The number of benzene rings is 2. The van der Waals surface area contributed by atoms with Gasteiger partial charge in [0.15, 0.2) is 12.3 Å². The van der Waals surface area contributed by atoms with E-state index >= 15 is 0 Å². The molecule has 0 aromatic heterocycles. The summed E-state index contributed by atoms with van der Waals surface area (Å²) in [7, 11) is -18.7. The molecule has 2 heterocycles. The minimum atomic E-state index is -4.78. The van der Waals surface area contributed by atoms with Gasteiger partial charge in [0.1, 0.15) is 30.4 Å². The molecule has 2 aliphatic heterocycles. The summed E-state index contributed by atoms with van der Waals surface area (Å²) in [5, 5.41) is 0. The molecule has 2 aliphatic rings. The number of allylic oxidation sites excluding steroid dienone is 8. The molecule has 2 aromatic rings. The monoisotopic (exact) mass is 836 g/mol. The Morgan fingerprint density at radius 2 is 1.26 bits per heavy atom. The molecule has 0 bridgehead atoms. The van der Waals surface area contributed by atoms with Crippen LogP contribution in [0.5, 0.6) is 0 Å². The maximum absolute atomic E-state index is 11.7. The second kappa shape index (κ2) is 18.4. The first-order valence-corrected chi connectivity index (χ1v) is 20.9. The Kier molecular flexibility index (Phi) is 17.5. The van der Waals surface area contributed by atoms with Crippen LogP contribution in [0, 0.1) is 0 Å². The van der Waals surface area contributed by atoms with Gasteiger partial charge in [0, 0.05) is 41.1 Å². The zero-order chi connectivity index (χ0) is 37.7. The fourth-order valence-corrected chi connectivity index (χ4v) is 7.95. The van der Waals surface area contributed by atoms with Crippen LogP contribution in [0.15, 0.2) is 93.9 Å². The maximum Gasteiger partial charge on any atom is 1.00 e. The number of hydrogen-bond donors (Lipinski definition) is 0. The van der Waals surface area contributed by atoms with Gasteiger partial charge in [0.2, 0.25) is 5.69 Å². The smallest absolute Gasteiger partial charge is 0.748 e. The number of fused-ring (bicyclic) bond motifs is 2.